The Labute approximate surface area is 145 Å². The van der Waals surface area contributed by atoms with Gasteiger partial charge < -0.3 is 10.1 Å². The molecule has 0 aliphatic heterocycles. The number of nitrogens with one attached hydrogen (secondary N) is 1. The highest BCUT2D eigenvalue weighted by Crippen LogP contribution is 2.35. The molecule has 0 unspecified atom stereocenters. The van der Waals surface area contributed by atoms with Gasteiger partial charge in [0.2, 0.25) is 0 Å². The Bertz CT molecular complexity index is 672. The molecule has 0 aliphatic rings. The normalized spacial score (nSPS) is 11.4. The van der Waals surface area contributed by atoms with Crippen molar-refractivity contribution in [3.8, 4) is 6.01 Å². The SMILES string of the molecule is CCCCCc1ccc(Nc2nc(OCC)ncc2C(F)(F)F)cc1. The third-order valence-electron chi connectivity index (χ3n) is 3.63. The van der Waals surface area contributed by atoms with Crippen LogP contribution in [0.3, 0.4) is 0 Å². The second-order valence-electron chi connectivity index (χ2n) is 5.62. The zero-order valence-electron chi connectivity index (χ0n) is 14.4. The van der Waals surface area contributed by atoms with Crippen LogP contribution in [0.25, 0.3) is 0 Å². The average Bonchev–Trinajstić information content (AvgIpc) is 2.56. The summed E-state index contributed by atoms with van der Waals surface area (Å²) in [6.07, 6.45) is 0.563. The minimum Gasteiger partial charge on any atom is -0.464 e. The standard InChI is InChI=1S/C18H22F3N3O/c1-3-5-6-7-13-8-10-14(11-9-13)23-16-15(18(19,20)21)12-22-17(24-16)25-4-2/h8-12H,3-7H2,1-2H3,(H,22,23,24). The van der Waals surface area contributed by atoms with Crippen LogP contribution in [0.5, 0.6) is 6.01 Å². The van der Waals surface area contributed by atoms with Crippen LogP contribution in [-0.2, 0) is 12.6 Å². The van der Waals surface area contributed by atoms with Crippen LogP contribution in [0.4, 0.5) is 24.7 Å². The highest BCUT2D eigenvalue weighted by molar-refractivity contribution is 5.60. The maximum atomic E-state index is 13.1. The van der Waals surface area contributed by atoms with Crippen LogP contribution in [0.2, 0.25) is 0 Å². The zero-order valence-corrected chi connectivity index (χ0v) is 14.4. The molecule has 0 spiro atoms. The number of benzene rings is 1. The van der Waals surface area contributed by atoms with Gasteiger partial charge in [0, 0.05) is 11.9 Å². The quantitative estimate of drug-likeness (QED) is 0.648. The highest BCUT2D eigenvalue weighted by atomic mass is 19.4. The molecular weight excluding hydrogens is 331 g/mol. The fourth-order valence-electron chi connectivity index (χ4n) is 2.34. The van der Waals surface area contributed by atoms with E-state index in [9.17, 15) is 13.2 Å². The van der Waals surface area contributed by atoms with E-state index in [0.717, 1.165) is 37.4 Å². The summed E-state index contributed by atoms with van der Waals surface area (Å²) in [7, 11) is 0. The molecule has 25 heavy (non-hydrogen) atoms. The van der Waals surface area contributed by atoms with Gasteiger partial charge in [-0.3, -0.25) is 0 Å². The van der Waals surface area contributed by atoms with Gasteiger partial charge in [-0.25, -0.2) is 4.98 Å². The number of anilines is 2. The third kappa shape index (κ3) is 5.62. The Morgan fingerprint density at radius 2 is 1.80 bits per heavy atom. The number of aryl methyl sites for hydroxylation is 1. The summed E-state index contributed by atoms with van der Waals surface area (Å²) >= 11 is 0. The van der Waals surface area contributed by atoms with Crippen molar-refractivity contribution in [2.75, 3.05) is 11.9 Å². The fourth-order valence-corrected chi connectivity index (χ4v) is 2.34. The van der Waals surface area contributed by atoms with E-state index in [4.69, 9.17) is 4.74 Å². The summed E-state index contributed by atoms with van der Waals surface area (Å²) in [5.41, 5.74) is 0.765. The second-order valence-corrected chi connectivity index (χ2v) is 5.62. The lowest BCUT2D eigenvalue weighted by Crippen LogP contribution is -2.12. The van der Waals surface area contributed by atoms with E-state index in [-0.39, 0.29) is 18.4 Å². The molecule has 0 saturated carbocycles. The Balaban J connectivity index is 2.18. The van der Waals surface area contributed by atoms with E-state index in [2.05, 4.69) is 22.2 Å². The monoisotopic (exact) mass is 353 g/mol. The largest absolute Gasteiger partial charge is 0.464 e. The van der Waals surface area contributed by atoms with Crippen molar-refractivity contribution in [1.29, 1.82) is 0 Å². The Morgan fingerprint density at radius 1 is 1.08 bits per heavy atom. The summed E-state index contributed by atoms with van der Waals surface area (Å²) in [4.78, 5) is 7.44. The molecule has 136 valence electrons. The van der Waals surface area contributed by atoms with Crippen molar-refractivity contribution in [3.05, 3.63) is 41.6 Å². The predicted octanol–water partition coefficient (Wildman–Crippen LogP) is 5.37. The van der Waals surface area contributed by atoms with E-state index in [1.807, 2.05) is 12.1 Å². The van der Waals surface area contributed by atoms with Gasteiger partial charge in [-0.1, -0.05) is 31.9 Å². The first kappa shape index (κ1) is 19.0. The van der Waals surface area contributed by atoms with Crippen LogP contribution in [-0.4, -0.2) is 16.6 Å². The van der Waals surface area contributed by atoms with Gasteiger partial charge in [-0.15, -0.1) is 0 Å². The number of nitrogens with zero attached hydrogens (tertiary/aromatic N) is 2. The molecule has 0 saturated heterocycles. The van der Waals surface area contributed by atoms with Crippen LogP contribution >= 0.6 is 0 Å². The van der Waals surface area contributed by atoms with Crippen molar-refractivity contribution < 1.29 is 17.9 Å². The first-order valence-corrected chi connectivity index (χ1v) is 8.37. The van der Waals surface area contributed by atoms with Gasteiger partial charge in [0.05, 0.1) is 6.61 Å². The molecule has 2 rings (SSSR count). The number of halogens is 3. The number of alkyl halides is 3. The molecule has 1 aromatic carbocycles. The van der Waals surface area contributed by atoms with Crippen LogP contribution in [0.15, 0.2) is 30.5 Å². The average molecular weight is 353 g/mol. The third-order valence-corrected chi connectivity index (χ3v) is 3.63. The fraction of sp³-hybridized carbons (Fsp3) is 0.444. The summed E-state index contributed by atoms with van der Waals surface area (Å²) in [6.45, 7) is 4.13. The van der Waals surface area contributed by atoms with Crippen LogP contribution in [0, 0.1) is 0 Å². The molecule has 0 fully saturated rings. The van der Waals surface area contributed by atoms with Crippen molar-refractivity contribution >= 4 is 11.5 Å². The molecule has 1 aromatic heterocycles. The molecule has 0 amide bonds. The van der Waals surface area contributed by atoms with E-state index in [1.54, 1.807) is 19.1 Å². The number of unbranched alkanes of at least 4 members (excludes halogenated alkanes) is 2. The van der Waals surface area contributed by atoms with Crippen molar-refractivity contribution in [2.45, 2.75) is 45.7 Å². The van der Waals surface area contributed by atoms with Crippen molar-refractivity contribution in [1.82, 2.24) is 9.97 Å². The van der Waals surface area contributed by atoms with Gasteiger partial charge >= 0.3 is 12.2 Å². The Hall–Kier alpha value is -2.31. The lowest BCUT2D eigenvalue weighted by Gasteiger charge is -2.14. The molecular formula is C18H22F3N3O. The highest BCUT2D eigenvalue weighted by Gasteiger charge is 2.35. The number of ether oxygens (including phenoxy) is 1. The number of hydrogen-bond donors (Lipinski definition) is 1. The summed E-state index contributed by atoms with van der Waals surface area (Å²) in [5, 5.41) is 2.72. The molecule has 0 atom stereocenters. The van der Waals surface area contributed by atoms with Gasteiger partial charge in [0.25, 0.3) is 0 Å². The topological polar surface area (TPSA) is 47.0 Å². The molecule has 1 N–H and O–H groups in total. The Morgan fingerprint density at radius 3 is 2.40 bits per heavy atom. The lowest BCUT2D eigenvalue weighted by atomic mass is 10.1. The van der Waals surface area contributed by atoms with Gasteiger partial charge in [0.15, 0.2) is 0 Å². The Kier molecular flexibility index (Phi) is 6.61. The predicted molar refractivity (Wildman–Crippen MR) is 91.2 cm³/mol. The molecule has 4 nitrogen and oxygen atoms in total. The first-order valence-electron chi connectivity index (χ1n) is 8.37. The van der Waals surface area contributed by atoms with Gasteiger partial charge in [0.1, 0.15) is 11.4 Å². The smallest absolute Gasteiger partial charge is 0.421 e. The maximum absolute atomic E-state index is 13.1. The van der Waals surface area contributed by atoms with Gasteiger partial charge in [-0.05, 0) is 37.5 Å². The number of aromatic nitrogens is 2. The molecule has 0 aliphatic carbocycles. The van der Waals surface area contributed by atoms with Crippen molar-refractivity contribution in [3.63, 3.8) is 0 Å². The van der Waals surface area contributed by atoms with E-state index in [0.29, 0.717) is 5.69 Å². The van der Waals surface area contributed by atoms with E-state index < -0.39 is 11.7 Å². The van der Waals surface area contributed by atoms with Crippen LogP contribution in [0.1, 0.15) is 44.2 Å². The summed E-state index contributed by atoms with van der Waals surface area (Å²) < 4.78 is 44.5. The summed E-state index contributed by atoms with van der Waals surface area (Å²) in [5.74, 6) is -0.315. The first-order chi connectivity index (χ1) is 11.9. The molecule has 0 bridgehead atoms. The second kappa shape index (κ2) is 8.69. The molecule has 7 heteroatoms. The molecule has 2 aromatic rings. The van der Waals surface area contributed by atoms with Crippen molar-refractivity contribution in [2.24, 2.45) is 0 Å². The number of hydrogen-bond acceptors (Lipinski definition) is 4. The van der Waals surface area contributed by atoms with Gasteiger partial charge in [-0.2, -0.15) is 18.2 Å². The van der Waals surface area contributed by atoms with E-state index >= 15 is 0 Å². The lowest BCUT2D eigenvalue weighted by molar-refractivity contribution is -0.137. The number of rotatable bonds is 8. The maximum Gasteiger partial charge on any atom is 0.421 e. The minimum atomic E-state index is -4.55. The summed E-state index contributed by atoms with van der Waals surface area (Å²) in [6, 6.07) is 7.24. The van der Waals surface area contributed by atoms with Crippen LogP contribution < -0.4 is 10.1 Å². The minimum absolute atomic E-state index is 0.0887. The molecule has 1 heterocycles. The molecule has 0 radical (unpaired) electrons. The zero-order chi connectivity index (χ0) is 18.3. The van der Waals surface area contributed by atoms with E-state index in [1.165, 1.54) is 0 Å².